The van der Waals surface area contributed by atoms with E-state index >= 15 is 4.39 Å². The monoisotopic (exact) mass is 484 g/mol. The summed E-state index contributed by atoms with van der Waals surface area (Å²) in [4.78, 5) is 15.3. The number of aromatic nitrogens is 3. The largest absolute Gasteiger partial charge is 0.497 e. The number of hydrogen-bond acceptors (Lipinski definition) is 7. The Balaban J connectivity index is 1.26. The van der Waals surface area contributed by atoms with Gasteiger partial charge in [-0.25, -0.2) is 14.4 Å². The molecule has 182 valence electrons. The molecule has 1 aliphatic rings. The molecule has 1 aliphatic heterocycles. The standard InChI is InChI=1S/C26H33FN4O2S/c1-33-21-5-7-25-23(16-21)22(8-12-28-25)24(27)6-4-19-9-14-31(17-20(19)18-32)13-3-15-34-26-29-10-2-11-30-26/h2,5,7-8,10-12,16,19-20,24,32H,3-4,6,9,13-15,17-18H2,1H3/t19-,20-,24-/m1/s1. The average Bonchev–Trinajstić information content (AvgIpc) is 2.89. The molecule has 1 aromatic carbocycles. The lowest BCUT2D eigenvalue weighted by Crippen LogP contribution is -2.42. The van der Waals surface area contributed by atoms with Gasteiger partial charge in [0, 0.05) is 42.9 Å². The van der Waals surface area contributed by atoms with Crippen molar-refractivity contribution in [2.24, 2.45) is 11.8 Å². The van der Waals surface area contributed by atoms with E-state index in [4.69, 9.17) is 4.74 Å². The maximum Gasteiger partial charge on any atom is 0.187 e. The van der Waals surface area contributed by atoms with Crippen molar-refractivity contribution in [2.45, 2.75) is 37.0 Å². The zero-order chi connectivity index (χ0) is 23.8. The van der Waals surface area contributed by atoms with Crippen molar-refractivity contribution in [3.63, 3.8) is 0 Å². The summed E-state index contributed by atoms with van der Waals surface area (Å²) in [5.41, 5.74) is 1.45. The Kier molecular flexibility index (Phi) is 9.07. The van der Waals surface area contributed by atoms with E-state index in [1.807, 2.05) is 24.3 Å². The fourth-order valence-electron chi connectivity index (χ4n) is 4.82. The second-order valence-corrected chi connectivity index (χ2v) is 9.92. The number of alkyl halides is 1. The molecule has 0 bridgehead atoms. The molecule has 0 saturated carbocycles. The summed E-state index contributed by atoms with van der Waals surface area (Å²) < 4.78 is 20.7. The minimum absolute atomic E-state index is 0.153. The predicted octanol–water partition coefficient (Wildman–Crippen LogP) is 4.94. The van der Waals surface area contributed by atoms with Crippen LogP contribution in [0.1, 0.15) is 37.4 Å². The third-order valence-electron chi connectivity index (χ3n) is 6.71. The summed E-state index contributed by atoms with van der Waals surface area (Å²) in [6.07, 6.45) is 7.42. The average molecular weight is 485 g/mol. The summed E-state index contributed by atoms with van der Waals surface area (Å²) in [6.45, 7) is 3.03. The number of halogens is 1. The first-order valence-corrected chi connectivity index (χ1v) is 13.0. The highest BCUT2D eigenvalue weighted by Crippen LogP contribution is 2.35. The number of piperidine rings is 1. The Hall–Kier alpha value is -2.29. The SMILES string of the molecule is COc1ccc2nccc([C@H](F)CC[C@@H]3CCN(CCCSc4ncccn4)C[C@@H]3CO)c2c1. The van der Waals surface area contributed by atoms with Crippen molar-refractivity contribution in [3.05, 3.63) is 54.5 Å². The second-order valence-electron chi connectivity index (χ2n) is 8.85. The second kappa shape index (κ2) is 12.4. The van der Waals surface area contributed by atoms with Gasteiger partial charge >= 0.3 is 0 Å². The van der Waals surface area contributed by atoms with Crippen LogP contribution < -0.4 is 4.74 Å². The van der Waals surface area contributed by atoms with Crippen molar-refractivity contribution in [3.8, 4) is 5.75 Å². The first kappa shape index (κ1) is 24.8. The van der Waals surface area contributed by atoms with Gasteiger partial charge in [-0.05, 0) is 86.5 Å². The quantitative estimate of drug-likeness (QED) is 0.235. The third kappa shape index (κ3) is 6.43. The summed E-state index contributed by atoms with van der Waals surface area (Å²) in [7, 11) is 1.61. The van der Waals surface area contributed by atoms with Crippen LogP contribution >= 0.6 is 11.8 Å². The Morgan fingerprint density at radius 2 is 2.03 bits per heavy atom. The molecular weight excluding hydrogens is 451 g/mol. The minimum atomic E-state index is -1.06. The highest BCUT2D eigenvalue weighted by atomic mass is 32.2. The first-order chi connectivity index (χ1) is 16.7. The van der Waals surface area contributed by atoms with Gasteiger partial charge in [0.25, 0.3) is 0 Å². The molecule has 0 amide bonds. The summed E-state index contributed by atoms with van der Waals surface area (Å²) in [6, 6.07) is 9.18. The molecular formula is C26H33FN4O2S. The molecule has 3 aromatic rings. The van der Waals surface area contributed by atoms with E-state index < -0.39 is 6.17 Å². The van der Waals surface area contributed by atoms with Crippen LogP contribution in [-0.2, 0) is 0 Å². The molecule has 4 rings (SSSR count). The Morgan fingerprint density at radius 1 is 1.18 bits per heavy atom. The zero-order valence-corrected chi connectivity index (χ0v) is 20.5. The smallest absolute Gasteiger partial charge is 0.187 e. The van der Waals surface area contributed by atoms with Gasteiger partial charge in [-0.1, -0.05) is 11.8 Å². The van der Waals surface area contributed by atoms with Crippen molar-refractivity contribution in [2.75, 3.05) is 39.1 Å². The highest BCUT2D eigenvalue weighted by molar-refractivity contribution is 7.99. The molecule has 6 nitrogen and oxygen atoms in total. The van der Waals surface area contributed by atoms with Crippen LogP contribution in [0.15, 0.2) is 54.1 Å². The van der Waals surface area contributed by atoms with Gasteiger partial charge in [0.05, 0.1) is 12.6 Å². The third-order valence-corrected chi connectivity index (χ3v) is 7.67. The molecule has 2 aromatic heterocycles. The number of methoxy groups -OCH3 is 1. The topological polar surface area (TPSA) is 71.4 Å². The van der Waals surface area contributed by atoms with Gasteiger partial charge in [0.2, 0.25) is 0 Å². The van der Waals surface area contributed by atoms with Crippen LogP contribution in [0.25, 0.3) is 10.9 Å². The molecule has 3 heterocycles. The van der Waals surface area contributed by atoms with Gasteiger partial charge in [-0.3, -0.25) is 4.98 Å². The predicted molar refractivity (Wildman–Crippen MR) is 134 cm³/mol. The molecule has 34 heavy (non-hydrogen) atoms. The van der Waals surface area contributed by atoms with E-state index in [1.54, 1.807) is 43.5 Å². The number of aliphatic hydroxyl groups excluding tert-OH is 1. The van der Waals surface area contributed by atoms with Crippen LogP contribution in [0.4, 0.5) is 4.39 Å². The number of thioether (sulfide) groups is 1. The molecule has 3 atom stereocenters. The number of nitrogens with zero attached hydrogens (tertiary/aromatic N) is 4. The lowest BCUT2D eigenvalue weighted by molar-refractivity contribution is 0.0640. The van der Waals surface area contributed by atoms with Gasteiger partial charge in [0.15, 0.2) is 5.16 Å². The molecule has 0 radical (unpaired) electrons. The van der Waals surface area contributed by atoms with E-state index in [9.17, 15) is 5.11 Å². The maximum absolute atomic E-state index is 15.4. The lowest BCUT2D eigenvalue weighted by atomic mass is 9.81. The van der Waals surface area contributed by atoms with Gasteiger partial charge < -0.3 is 14.7 Å². The zero-order valence-electron chi connectivity index (χ0n) is 19.6. The first-order valence-electron chi connectivity index (χ1n) is 12.0. The van der Waals surface area contributed by atoms with Crippen molar-refractivity contribution in [1.82, 2.24) is 19.9 Å². The van der Waals surface area contributed by atoms with E-state index in [1.165, 1.54) is 0 Å². The molecule has 0 spiro atoms. The Morgan fingerprint density at radius 3 is 2.82 bits per heavy atom. The van der Waals surface area contributed by atoms with Crippen LogP contribution in [0.5, 0.6) is 5.75 Å². The lowest BCUT2D eigenvalue weighted by Gasteiger charge is -2.38. The van der Waals surface area contributed by atoms with Crippen LogP contribution in [-0.4, -0.2) is 64.1 Å². The van der Waals surface area contributed by atoms with E-state index in [0.29, 0.717) is 23.7 Å². The summed E-state index contributed by atoms with van der Waals surface area (Å²) >= 11 is 1.68. The summed E-state index contributed by atoms with van der Waals surface area (Å²) in [5, 5.41) is 11.6. The number of fused-ring (bicyclic) bond motifs is 1. The number of hydrogen-bond donors (Lipinski definition) is 1. The molecule has 0 aliphatic carbocycles. The van der Waals surface area contributed by atoms with Gasteiger partial charge in [-0.15, -0.1) is 0 Å². The molecule has 1 fully saturated rings. The minimum Gasteiger partial charge on any atom is -0.497 e. The molecule has 8 heteroatoms. The van der Waals surface area contributed by atoms with Crippen molar-refractivity contribution in [1.29, 1.82) is 0 Å². The van der Waals surface area contributed by atoms with Crippen LogP contribution in [0.3, 0.4) is 0 Å². The normalized spacial score (nSPS) is 19.9. The van der Waals surface area contributed by atoms with Gasteiger partial charge in [-0.2, -0.15) is 0 Å². The highest BCUT2D eigenvalue weighted by Gasteiger charge is 2.29. The van der Waals surface area contributed by atoms with Crippen LogP contribution in [0, 0.1) is 11.8 Å². The molecule has 1 saturated heterocycles. The summed E-state index contributed by atoms with van der Waals surface area (Å²) in [5.74, 6) is 2.22. The van der Waals surface area contributed by atoms with E-state index in [2.05, 4.69) is 19.9 Å². The fourth-order valence-corrected chi connectivity index (χ4v) is 5.55. The maximum atomic E-state index is 15.4. The number of pyridine rings is 1. The van der Waals surface area contributed by atoms with Gasteiger partial charge in [0.1, 0.15) is 11.9 Å². The molecule has 0 unspecified atom stereocenters. The Bertz CT molecular complexity index is 1040. The van der Waals surface area contributed by atoms with E-state index in [0.717, 1.165) is 60.7 Å². The number of benzene rings is 1. The van der Waals surface area contributed by atoms with E-state index in [-0.39, 0.29) is 12.5 Å². The number of likely N-dealkylation sites (tertiary alicyclic amines) is 1. The number of rotatable bonds is 11. The Labute approximate surface area is 205 Å². The van der Waals surface area contributed by atoms with Crippen molar-refractivity contribution >= 4 is 22.7 Å². The molecule has 1 N–H and O–H groups in total. The number of ether oxygens (including phenoxy) is 1. The number of aliphatic hydroxyl groups is 1. The van der Waals surface area contributed by atoms with Crippen LogP contribution in [0.2, 0.25) is 0 Å². The van der Waals surface area contributed by atoms with Crippen molar-refractivity contribution < 1.29 is 14.2 Å². The fraction of sp³-hybridized carbons (Fsp3) is 0.500.